The number of rotatable bonds is 10. The van der Waals surface area contributed by atoms with Crippen LogP contribution in [0.4, 0.5) is 4.79 Å². The fourth-order valence-corrected chi connectivity index (χ4v) is 7.83. The molecule has 5 aromatic rings. The summed E-state index contributed by atoms with van der Waals surface area (Å²) in [7, 11) is 1.51. The standard InChI is InChI=1S/C38H33NO4S/c1-39(37(42)43-25-34-32-23-13-11-21-30(32)31-22-12-14-24-33(31)34)35(36(40)41)26-44-38(27-15-5-2-6-16-27,28-17-7-3-8-18-28)29-19-9-4-10-20-29/h2-24,34-35H,25-26H2,1H3,(H,40,41)/t35-/m1/s1. The molecule has 1 atom stereocenters. The third kappa shape index (κ3) is 5.49. The highest BCUT2D eigenvalue weighted by Gasteiger charge is 2.40. The number of thioether (sulfide) groups is 1. The van der Waals surface area contributed by atoms with Gasteiger partial charge in [-0.25, -0.2) is 9.59 Å². The summed E-state index contributed by atoms with van der Waals surface area (Å²) < 4.78 is 5.12. The van der Waals surface area contributed by atoms with Gasteiger partial charge in [0.05, 0.1) is 4.75 Å². The van der Waals surface area contributed by atoms with Crippen LogP contribution in [0.25, 0.3) is 11.1 Å². The average molecular weight is 600 g/mol. The van der Waals surface area contributed by atoms with Gasteiger partial charge in [0.2, 0.25) is 0 Å². The van der Waals surface area contributed by atoms with E-state index in [1.807, 2.05) is 78.9 Å². The first-order valence-corrected chi connectivity index (χ1v) is 15.6. The van der Waals surface area contributed by atoms with E-state index in [4.69, 9.17) is 4.74 Å². The lowest BCUT2D eigenvalue weighted by Gasteiger charge is -2.37. The van der Waals surface area contributed by atoms with Gasteiger partial charge in [-0.2, -0.15) is 0 Å². The molecule has 1 N–H and O–H groups in total. The number of nitrogens with zero attached hydrogens (tertiary/aromatic N) is 1. The number of carboxylic acid groups (broad SMARTS) is 1. The van der Waals surface area contributed by atoms with Crippen molar-refractivity contribution in [2.75, 3.05) is 19.4 Å². The highest BCUT2D eigenvalue weighted by Crippen LogP contribution is 2.49. The number of amides is 1. The Labute approximate surface area is 262 Å². The van der Waals surface area contributed by atoms with E-state index in [0.29, 0.717) is 0 Å². The molecule has 0 aliphatic heterocycles. The van der Waals surface area contributed by atoms with Crippen LogP contribution in [0.5, 0.6) is 0 Å². The molecule has 0 unspecified atom stereocenters. The Morgan fingerprint density at radius 3 is 1.55 bits per heavy atom. The SMILES string of the molecule is CN(C(=O)OCC1c2ccccc2-c2ccccc21)[C@H](CSC(c1ccccc1)(c1ccccc1)c1ccccc1)C(=O)O. The second-order valence-corrected chi connectivity index (χ2v) is 12.1. The van der Waals surface area contributed by atoms with Crippen molar-refractivity contribution in [3.63, 3.8) is 0 Å². The third-order valence-corrected chi connectivity index (χ3v) is 10.00. The fourth-order valence-electron chi connectivity index (χ4n) is 6.14. The first-order valence-electron chi connectivity index (χ1n) is 14.6. The summed E-state index contributed by atoms with van der Waals surface area (Å²) in [5.41, 5.74) is 7.55. The second-order valence-electron chi connectivity index (χ2n) is 10.9. The summed E-state index contributed by atoms with van der Waals surface area (Å²) in [6, 6.07) is 45.4. The summed E-state index contributed by atoms with van der Waals surface area (Å²) in [5.74, 6) is -1.06. The molecule has 1 amide bonds. The van der Waals surface area contributed by atoms with Crippen molar-refractivity contribution >= 4 is 23.8 Å². The van der Waals surface area contributed by atoms with Gasteiger partial charge < -0.3 is 9.84 Å². The van der Waals surface area contributed by atoms with Crippen LogP contribution in [-0.2, 0) is 14.3 Å². The first-order chi connectivity index (χ1) is 21.5. The van der Waals surface area contributed by atoms with Gasteiger partial charge in [-0.05, 0) is 38.9 Å². The van der Waals surface area contributed by atoms with E-state index >= 15 is 0 Å². The predicted molar refractivity (Wildman–Crippen MR) is 176 cm³/mol. The minimum Gasteiger partial charge on any atom is -0.480 e. The molecular weight excluding hydrogens is 566 g/mol. The van der Waals surface area contributed by atoms with Gasteiger partial charge in [-0.1, -0.05) is 140 Å². The van der Waals surface area contributed by atoms with Gasteiger partial charge in [-0.15, -0.1) is 11.8 Å². The third-order valence-electron chi connectivity index (χ3n) is 8.38. The minimum atomic E-state index is -1.12. The molecule has 0 bridgehead atoms. The lowest BCUT2D eigenvalue weighted by atomic mass is 9.84. The molecule has 0 heterocycles. The molecule has 0 saturated heterocycles. The van der Waals surface area contributed by atoms with Crippen molar-refractivity contribution in [1.29, 1.82) is 0 Å². The number of carbonyl (C=O) groups is 2. The lowest BCUT2D eigenvalue weighted by molar-refractivity contribution is -0.141. The zero-order valence-electron chi connectivity index (χ0n) is 24.4. The average Bonchev–Trinajstić information content (AvgIpc) is 3.40. The van der Waals surface area contributed by atoms with Crippen molar-refractivity contribution in [3.8, 4) is 11.1 Å². The summed E-state index contributed by atoms with van der Waals surface area (Å²) in [4.78, 5) is 27.3. The van der Waals surface area contributed by atoms with Gasteiger partial charge >= 0.3 is 12.1 Å². The second kappa shape index (κ2) is 12.8. The molecule has 6 heteroatoms. The number of hydrogen-bond acceptors (Lipinski definition) is 4. The molecule has 220 valence electrons. The molecule has 6 rings (SSSR count). The van der Waals surface area contributed by atoms with Crippen LogP contribution in [0.15, 0.2) is 140 Å². The van der Waals surface area contributed by atoms with Gasteiger partial charge in [0.25, 0.3) is 0 Å². The Morgan fingerprint density at radius 1 is 0.705 bits per heavy atom. The van der Waals surface area contributed by atoms with Crippen LogP contribution < -0.4 is 0 Å². The largest absolute Gasteiger partial charge is 0.480 e. The van der Waals surface area contributed by atoms with E-state index in [0.717, 1.165) is 38.9 Å². The number of hydrogen-bond donors (Lipinski definition) is 1. The fraction of sp³-hybridized carbons (Fsp3) is 0.158. The Hall–Kier alpha value is -4.81. The Bertz CT molecular complexity index is 1600. The number of aliphatic carboxylic acids is 1. The maximum Gasteiger partial charge on any atom is 0.410 e. The van der Waals surface area contributed by atoms with Gasteiger partial charge in [0.15, 0.2) is 0 Å². The number of carboxylic acids is 1. The Kier molecular flexibility index (Phi) is 8.53. The van der Waals surface area contributed by atoms with Crippen LogP contribution in [-0.4, -0.2) is 47.5 Å². The van der Waals surface area contributed by atoms with Crippen molar-refractivity contribution in [1.82, 2.24) is 4.90 Å². The highest BCUT2D eigenvalue weighted by molar-refractivity contribution is 8.00. The smallest absolute Gasteiger partial charge is 0.410 e. The van der Waals surface area contributed by atoms with E-state index in [9.17, 15) is 14.7 Å². The van der Waals surface area contributed by atoms with Gasteiger partial charge in [0, 0.05) is 18.7 Å². The Balaban J connectivity index is 1.26. The quantitative estimate of drug-likeness (QED) is 0.165. The number of ether oxygens (including phenoxy) is 1. The Morgan fingerprint density at radius 2 is 1.11 bits per heavy atom. The summed E-state index contributed by atoms with van der Waals surface area (Å²) >= 11 is 1.50. The summed E-state index contributed by atoms with van der Waals surface area (Å²) in [6.45, 7) is 0.124. The maximum absolute atomic E-state index is 13.4. The van der Waals surface area contributed by atoms with Crippen LogP contribution >= 0.6 is 11.8 Å². The maximum atomic E-state index is 13.4. The monoisotopic (exact) mass is 599 g/mol. The lowest BCUT2D eigenvalue weighted by Crippen LogP contribution is -2.45. The van der Waals surface area contributed by atoms with Crippen molar-refractivity contribution in [2.24, 2.45) is 0 Å². The zero-order chi connectivity index (χ0) is 30.5. The van der Waals surface area contributed by atoms with Crippen molar-refractivity contribution in [2.45, 2.75) is 16.7 Å². The number of fused-ring (bicyclic) bond motifs is 3. The molecule has 0 radical (unpaired) electrons. The molecule has 1 aliphatic rings. The zero-order valence-corrected chi connectivity index (χ0v) is 25.2. The van der Waals surface area contributed by atoms with Gasteiger partial charge in [-0.3, -0.25) is 4.90 Å². The van der Waals surface area contributed by atoms with E-state index in [2.05, 4.69) is 60.7 Å². The van der Waals surface area contributed by atoms with Crippen molar-refractivity contribution < 1.29 is 19.4 Å². The van der Waals surface area contributed by atoms with Crippen LogP contribution in [0.1, 0.15) is 33.7 Å². The molecule has 0 fully saturated rings. The number of likely N-dealkylation sites (N-methyl/N-ethyl adjacent to an activating group) is 1. The molecule has 44 heavy (non-hydrogen) atoms. The normalized spacial score (nSPS) is 13.0. The summed E-state index contributed by atoms with van der Waals surface area (Å²) in [6.07, 6.45) is -0.662. The van der Waals surface area contributed by atoms with Crippen molar-refractivity contribution in [3.05, 3.63) is 167 Å². The van der Waals surface area contributed by atoms with E-state index in [1.165, 1.54) is 23.7 Å². The van der Waals surface area contributed by atoms with Crippen LogP contribution in [0.3, 0.4) is 0 Å². The molecule has 0 saturated carbocycles. The van der Waals surface area contributed by atoms with E-state index in [-0.39, 0.29) is 18.3 Å². The molecule has 5 nitrogen and oxygen atoms in total. The highest BCUT2D eigenvalue weighted by atomic mass is 32.2. The minimum absolute atomic E-state index is 0.112. The molecule has 1 aliphatic carbocycles. The predicted octanol–water partition coefficient (Wildman–Crippen LogP) is 8.05. The van der Waals surface area contributed by atoms with E-state index < -0.39 is 22.9 Å². The molecule has 0 spiro atoms. The molecule has 0 aromatic heterocycles. The topological polar surface area (TPSA) is 66.8 Å². The van der Waals surface area contributed by atoms with Crippen LogP contribution in [0, 0.1) is 0 Å². The molecule has 5 aromatic carbocycles. The van der Waals surface area contributed by atoms with Gasteiger partial charge in [0.1, 0.15) is 12.6 Å². The van der Waals surface area contributed by atoms with Crippen LogP contribution in [0.2, 0.25) is 0 Å². The number of carbonyl (C=O) groups excluding carboxylic acids is 1. The summed E-state index contributed by atoms with van der Waals surface area (Å²) in [5, 5.41) is 10.4. The number of benzene rings is 5. The van der Waals surface area contributed by atoms with E-state index in [1.54, 1.807) is 0 Å². The first kappa shape index (κ1) is 29.3. The molecular formula is C38H33NO4S.